The summed E-state index contributed by atoms with van der Waals surface area (Å²) in [6, 6.07) is 2.62. The minimum Gasteiger partial charge on any atom is -0.336 e. The van der Waals surface area contributed by atoms with Crippen molar-refractivity contribution in [2.75, 3.05) is 16.3 Å². The third kappa shape index (κ3) is 5.45. The lowest BCUT2D eigenvalue weighted by molar-refractivity contribution is 0.247. The summed E-state index contributed by atoms with van der Waals surface area (Å²) in [5, 5.41) is 5.18. The molecule has 3 N–H and O–H groups in total. The zero-order valence-corrected chi connectivity index (χ0v) is 15.6. The van der Waals surface area contributed by atoms with Gasteiger partial charge in [0.05, 0.1) is 23.7 Å². The average molecular weight is 383 g/mol. The van der Waals surface area contributed by atoms with E-state index in [0.717, 1.165) is 18.7 Å². The summed E-state index contributed by atoms with van der Waals surface area (Å²) in [5.74, 6) is 0.0122. The second-order valence-corrected chi connectivity index (χ2v) is 7.65. The molecule has 0 saturated carbocycles. The molecule has 0 spiro atoms. The van der Waals surface area contributed by atoms with Crippen molar-refractivity contribution in [1.82, 2.24) is 14.9 Å². The average Bonchev–Trinajstić information content (AvgIpc) is 2.95. The van der Waals surface area contributed by atoms with Crippen molar-refractivity contribution in [1.29, 1.82) is 0 Å². The number of benzene rings is 1. The number of aryl methyl sites for hydroxylation is 1. The van der Waals surface area contributed by atoms with Crippen LogP contribution in [-0.4, -0.2) is 30.3 Å². The largest absolute Gasteiger partial charge is 0.336 e. The van der Waals surface area contributed by atoms with E-state index in [9.17, 15) is 17.6 Å². The maximum Gasteiger partial charge on any atom is 0.319 e. The van der Waals surface area contributed by atoms with Crippen LogP contribution in [0.2, 0.25) is 0 Å². The molecule has 0 aliphatic heterocycles. The van der Waals surface area contributed by atoms with Gasteiger partial charge in [0, 0.05) is 19.4 Å². The Kier molecular flexibility index (Phi) is 6.19. The SMILES string of the molecule is CCC[C@@H](NC(=O)Nc1cc(NS(C)(=O)=O)ccc1F)c1nccn1C. The van der Waals surface area contributed by atoms with Crippen molar-refractivity contribution in [3.05, 3.63) is 42.2 Å². The first-order chi connectivity index (χ1) is 12.2. The molecule has 0 unspecified atom stereocenters. The van der Waals surface area contributed by atoms with Gasteiger partial charge < -0.3 is 15.2 Å². The van der Waals surface area contributed by atoms with Gasteiger partial charge >= 0.3 is 6.03 Å². The quantitative estimate of drug-likeness (QED) is 0.683. The van der Waals surface area contributed by atoms with E-state index < -0.39 is 21.9 Å². The second kappa shape index (κ2) is 8.17. The summed E-state index contributed by atoms with van der Waals surface area (Å²) in [6.07, 6.45) is 5.88. The van der Waals surface area contributed by atoms with Crippen LogP contribution in [0.3, 0.4) is 0 Å². The normalized spacial score (nSPS) is 12.5. The van der Waals surface area contributed by atoms with Crippen LogP contribution in [0.25, 0.3) is 0 Å². The van der Waals surface area contributed by atoms with Gasteiger partial charge in [-0.25, -0.2) is 22.6 Å². The summed E-state index contributed by atoms with van der Waals surface area (Å²) in [7, 11) is -1.68. The van der Waals surface area contributed by atoms with Gasteiger partial charge in [0.25, 0.3) is 0 Å². The fourth-order valence-electron chi connectivity index (χ4n) is 2.48. The highest BCUT2D eigenvalue weighted by atomic mass is 32.2. The number of aromatic nitrogens is 2. The number of hydrogen-bond donors (Lipinski definition) is 3. The van der Waals surface area contributed by atoms with Crippen molar-refractivity contribution in [3.8, 4) is 0 Å². The third-order valence-corrected chi connectivity index (χ3v) is 4.18. The number of rotatable bonds is 7. The Labute approximate surface area is 151 Å². The minimum absolute atomic E-state index is 0.133. The van der Waals surface area contributed by atoms with Crippen molar-refractivity contribution in [2.45, 2.75) is 25.8 Å². The maximum atomic E-state index is 13.9. The van der Waals surface area contributed by atoms with E-state index in [1.54, 1.807) is 17.0 Å². The third-order valence-electron chi connectivity index (χ3n) is 3.57. The van der Waals surface area contributed by atoms with Crippen LogP contribution in [-0.2, 0) is 17.1 Å². The number of sulfonamides is 1. The number of imidazole rings is 1. The predicted molar refractivity (Wildman–Crippen MR) is 97.9 cm³/mol. The van der Waals surface area contributed by atoms with Crippen LogP contribution in [0, 0.1) is 5.82 Å². The molecule has 8 nitrogen and oxygen atoms in total. The van der Waals surface area contributed by atoms with Crippen LogP contribution < -0.4 is 15.4 Å². The highest BCUT2D eigenvalue weighted by Gasteiger charge is 2.18. The summed E-state index contributed by atoms with van der Waals surface area (Å²) >= 11 is 0. The molecule has 1 aromatic heterocycles. The Morgan fingerprint density at radius 3 is 2.69 bits per heavy atom. The summed E-state index contributed by atoms with van der Waals surface area (Å²) < 4.78 is 40.6. The molecule has 0 radical (unpaired) electrons. The molecule has 0 aliphatic rings. The molecule has 26 heavy (non-hydrogen) atoms. The second-order valence-electron chi connectivity index (χ2n) is 5.90. The molecule has 1 heterocycles. The Bertz CT molecular complexity index is 882. The van der Waals surface area contributed by atoms with Gasteiger partial charge in [-0.2, -0.15) is 0 Å². The number of nitrogens with one attached hydrogen (secondary N) is 3. The molecule has 10 heteroatoms. The first kappa shape index (κ1) is 19.7. The number of carbonyl (C=O) groups is 1. The zero-order valence-electron chi connectivity index (χ0n) is 14.8. The van der Waals surface area contributed by atoms with Crippen LogP contribution in [0.1, 0.15) is 31.6 Å². The van der Waals surface area contributed by atoms with Gasteiger partial charge in [-0.3, -0.25) is 4.72 Å². The number of nitrogens with zero attached hydrogens (tertiary/aromatic N) is 2. The van der Waals surface area contributed by atoms with E-state index in [4.69, 9.17) is 0 Å². The van der Waals surface area contributed by atoms with E-state index in [-0.39, 0.29) is 17.4 Å². The summed E-state index contributed by atoms with van der Waals surface area (Å²) in [4.78, 5) is 16.5. The molecular formula is C16H22FN5O3S. The van der Waals surface area contributed by atoms with Crippen LogP contribution in [0.4, 0.5) is 20.6 Å². The Morgan fingerprint density at radius 2 is 2.12 bits per heavy atom. The summed E-state index contributed by atoms with van der Waals surface area (Å²) in [5.41, 5.74) is 0.0182. The molecule has 2 amide bonds. The Balaban J connectivity index is 2.13. The van der Waals surface area contributed by atoms with Gasteiger partial charge in [0.2, 0.25) is 10.0 Å². The Morgan fingerprint density at radius 1 is 1.38 bits per heavy atom. The van der Waals surface area contributed by atoms with Gasteiger partial charge in [-0.05, 0) is 24.6 Å². The number of amides is 2. The fourth-order valence-corrected chi connectivity index (χ4v) is 3.04. The topological polar surface area (TPSA) is 105 Å². The lowest BCUT2D eigenvalue weighted by atomic mass is 10.1. The fraction of sp³-hybridized carbons (Fsp3) is 0.375. The van der Waals surface area contributed by atoms with Crippen molar-refractivity contribution in [3.63, 3.8) is 0 Å². The van der Waals surface area contributed by atoms with Gasteiger partial charge in [0.15, 0.2) is 0 Å². The molecule has 1 aromatic carbocycles. The standard InChI is InChI=1S/C16H22FN5O3S/c1-4-5-13(15-18-8-9-22(15)2)19-16(23)20-14-10-11(6-7-12(14)17)21-26(3,24)25/h6-10,13,21H,4-5H2,1-3H3,(H2,19,20,23)/t13-/m1/s1. The molecular weight excluding hydrogens is 361 g/mol. The first-order valence-electron chi connectivity index (χ1n) is 8.01. The van der Waals surface area contributed by atoms with Crippen molar-refractivity contribution in [2.24, 2.45) is 7.05 Å². The number of carbonyl (C=O) groups excluding carboxylic acids is 1. The molecule has 0 fully saturated rings. The molecule has 0 bridgehead atoms. The molecule has 0 aliphatic carbocycles. The molecule has 2 rings (SSSR count). The number of halogens is 1. The van der Waals surface area contributed by atoms with Crippen LogP contribution in [0.5, 0.6) is 0 Å². The summed E-state index contributed by atoms with van der Waals surface area (Å²) in [6.45, 7) is 1.98. The molecule has 2 aromatic rings. The highest BCUT2D eigenvalue weighted by molar-refractivity contribution is 7.92. The van der Waals surface area contributed by atoms with E-state index in [2.05, 4.69) is 20.3 Å². The maximum absolute atomic E-state index is 13.9. The first-order valence-corrected chi connectivity index (χ1v) is 9.91. The zero-order chi connectivity index (χ0) is 19.3. The van der Waals surface area contributed by atoms with E-state index in [1.165, 1.54) is 12.1 Å². The predicted octanol–water partition coefficient (Wildman–Crippen LogP) is 2.59. The lowest BCUT2D eigenvalue weighted by Gasteiger charge is -2.18. The van der Waals surface area contributed by atoms with Gasteiger partial charge in [-0.15, -0.1) is 0 Å². The highest BCUT2D eigenvalue weighted by Crippen LogP contribution is 2.21. The van der Waals surface area contributed by atoms with Crippen LogP contribution in [0.15, 0.2) is 30.6 Å². The molecule has 0 saturated heterocycles. The monoisotopic (exact) mass is 383 g/mol. The lowest BCUT2D eigenvalue weighted by Crippen LogP contribution is -2.34. The van der Waals surface area contributed by atoms with Gasteiger partial charge in [0.1, 0.15) is 11.6 Å². The number of hydrogen-bond acceptors (Lipinski definition) is 4. The van der Waals surface area contributed by atoms with E-state index in [1.807, 2.05) is 14.0 Å². The van der Waals surface area contributed by atoms with E-state index in [0.29, 0.717) is 12.2 Å². The molecule has 1 atom stereocenters. The van der Waals surface area contributed by atoms with E-state index >= 15 is 0 Å². The van der Waals surface area contributed by atoms with Crippen molar-refractivity contribution < 1.29 is 17.6 Å². The number of urea groups is 1. The minimum atomic E-state index is -3.51. The van der Waals surface area contributed by atoms with Crippen LogP contribution >= 0.6 is 0 Å². The van der Waals surface area contributed by atoms with Gasteiger partial charge in [-0.1, -0.05) is 13.3 Å². The molecule has 142 valence electrons. The Hall–Kier alpha value is -2.62. The number of anilines is 2. The smallest absolute Gasteiger partial charge is 0.319 e. The van der Waals surface area contributed by atoms with Crippen molar-refractivity contribution >= 4 is 27.4 Å².